The van der Waals surface area contributed by atoms with E-state index in [9.17, 15) is 0 Å². The third-order valence-corrected chi connectivity index (χ3v) is 4.93. The van der Waals surface area contributed by atoms with Gasteiger partial charge in [0.15, 0.2) is 0 Å². The zero-order valence-electron chi connectivity index (χ0n) is 12.6. The molecule has 0 radical (unpaired) electrons. The van der Waals surface area contributed by atoms with Gasteiger partial charge in [-0.3, -0.25) is 0 Å². The number of benzene rings is 1. The lowest BCUT2D eigenvalue weighted by Gasteiger charge is -2.12. The van der Waals surface area contributed by atoms with Gasteiger partial charge in [0.1, 0.15) is 5.65 Å². The molecular formula is C19H20N2. The van der Waals surface area contributed by atoms with Crippen molar-refractivity contribution in [1.82, 2.24) is 9.38 Å². The van der Waals surface area contributed by atoms with Crippen molar-refractivity contribution < 1.29 is 0 Å². The second-order valence-electron chi connectivity index (χ2n) is 6.15. The summed E-state index contributed by atoms with van der Waals surface area (Å²) >= 11 is 0. The van der Waals surface area contributed by atoms with Crippen molar-refractivity contribution in [2.24, 2.45) is 0 Å². The maximum Gasteiger partial charge on any atom is 0.140 e. The summed E-state index contributed by atoms with van der Waals surface area (Å²) in [5, 5.41) is 0. The molecule has 2 nitrogen and oxygen atoms in total. The number of fused-ring (bicyclic) bond motifs is 2. The van der Waals surface area contributed by atoms with Crippen molar-refractivity contribution in [3.8, 4) is 0 Å². The highest BCUT2D eigenvalue weighted by Crippen LogP contribution is 2.36. The summed E-state index contributed by atoms with van der Waals surface area (Å²) in [7, 11) is 0. The van der Waals surface area contributed by atoms with Crippen LogP contribution in [0.15, 0.2) is 42.6 Å². The third kappa shape index (κ3) is 1.98. The van der Waals surface area contributed by atoms with Crippen LogP contribution in [0.1, 0.15) is 40.4 Å². The van der Waals surface area contributed by atoms with Crippen LogP contribution >= 0.6 is 0 Å². The predicted molar refractivity (Wildman–Crippen MR) is 85.9 cm³/mol. The lowest BCUT2D eigenvalue weighted by molar-refractivity contribution is 0.675. The third-order valence-electron chi connectivity index (χ3n) is 4.93. The molecule has 0 saturated carbocycles. The van der Waals surface area contributed by atoms with E-state index in [0.717, 1.165) is 17.8 Å². The smallest absolute Gasteiger partial charge is 0.140 e. The molecule has 0 spiro atoms. The van der Waals surface area contributed by atoms with Crippen LogP contribution in [0.4, 0.5) is 0 Å². The van der Waals surface area contributed by atoms with Crippen LogP contribution in [0.3, 0.4) is 0 Å². The van der Waals surface area contributed by atoms with E-state index in [1.54, 1.807) is 5.56 Å². The zero-order valence-corrected chi connectivity index (χ0v) is 12.6. The van der Waals surface area contributed by atoms with Crippen LogP contribution in [-0.2, 0) is 12.8 Å². The van der Waals surface area contributed by atoms with E-state index >= 15 is 0 Å². The Kier molecular flexibility index (Phi) is 2.85. The van der Waals surface area contributed by atoms with E-state index in [1.807, 2.05) is 0 Å². The van der Waals surface area contributed by atoms with Crippen molar-refractivity contribution in [1.29, 1.82) is 0 Å². The Morgan fingerprint density at radius 2 is 2.00 bits per heavy atom. The molecule has 2 aromatic heterocycles. The number of nitrogens with zero attached hydrogens (tertiary/aromatic N) is 2. The normalized spacial score (nSPS) is 17.3. The molecule has 3 aromatic rings. The summed E-state index contributed by atoms with van der Waals surface area (Å²) in [4.78, 5) is 4.77. The fraction of sp³-hybridized carbons (Fsp3) is 0.316. The molecule has 1 aliphatic rings. The lowest BCUT2D eigenvalue weighted by atomic mass is 9.94. The van der Waals surface area contributed by atoms with Crippen molar-refractivity contribution in [3.05, 3.63) is 70.7 Å². The van der Waals surface area contributed by atoms with Crippen molar-refractivity contribution >= 4 is 5.65 Å². The van der Waals surface area contributed by atoms with Gasteiger partial charge in [0.25, 0.3) is 0 Å². The van der Waals surface area contributed by atoms with Crippen molar-refractivity contribution in [2.75, 3.05) is 0 Å². The van der Waals surface area contributed by atoms with E-state index in [-0.39, 0.29) is 0 Å². The van der Waals surface area contributed by atoms with Gasteiger partial charge in [-0.2, -0.15) is 0 Å². The van der Waals surface area contributed by atoms with Crippen molar-refractivity contribution in [3.63, 3.8) is 0 Å². The Morgan fingerprint density at radius 1 is 1.14 bits per heavy atom. The van der Waals surface area contributed by atoms with Gasteiger partial charge < -0.3 is 4.40 Å². The van der Waals surface area contributed by atoms with Gasteiger partial charge in [-0.1, -0.05) is 30.3 Å². The number of rotatable bonds is 2. The van der Waals surface area contributed by atoms with E-state index in [0.29, 0.717) is 5.92 Å². The Hall–Kier alpha value is -2.09. The lowest BCUT2D eigenvalue weighted by Crippen LogP contribution is -2.01. The maximum absolute atomic E-state index is 4.77. The predicted octanol–water partition coefficient (Wildman–Crippen LogP) is 4.22. The van der Waals surface area contributed by atoms with Crippen LogP contribution in [0.5, 0.6) is 0 Å². The number of hydrogen-bond acceptors (Lipinski definition) is 1. The first-order valence-electron chi connectivity index (χ1n) is 7.75. The fourth-order valence-electron chi connectivity index (χ4n) is 3.64. The maximum atomic E-state index is 4.77. The van der Waals surface area contributed by atoms with E-state index < -0.39 is 0 Å². The number of hydrogen-bond donors (Lipinski definition) is 0. The number of imidazole rings is 1. The van der Waals surface area contributed by atoms with Gasteiger partial charge in [-0.15, -0.1) is 0 Å². The minimum absolute atomic E-state index is 0.643. The summed E-state index contributed by atoms with van der Waals surface area (Å²) in [5.41, 5.74) is 7.96. The minimum Gasteiger partial charge on any atom is -0.304 e. The molecule has 0 amide bonds. The molecule has 0 N–H and O–H groups in total. The highest BCUT2D eigenvalue weighted by Gasteiger charge is 2.23. The molecule has 1 aliphatic carbocycles. The number of aryl methyl sites for hydroxylation is 3. The van der Waals surface area contributed by atoms with Crippen LogP contribution in [0.2, 0.25) is 0 Å². The van der Waals surface area contributed by atoms with Gasteiger partial charge in [0.05, 0.1) is 5.69 Å². The average molecular weight is 276 g/mol. The summed E-state index contributed by atoms with van der Waals surface area (Å²) in [6.07, 6.45) is 5.70. The molecule has 1 atom stereocenters. The molecule has 4 rings (SSSR count). The SMILES string of the molecule is Cc1nc2c(CC3CCc4ccccc43)cccn2c1C. The minimum atomic E-state index is 0.643. The van der Waals surface area contributed by atoms with Gasteiger partial charge in [-0.05, 0) is 61.8 Å². The monoisotopic (exact) mass is 276 g/mol. The zero-order chi connectivity index (χ0) is 14.4. The van der Waals surface area contributed by atoms with Crippen LogP contribution < -0.4 is 0 Å². The second kappa shape index (κ2) is 4.73. The Bertz CT molecular complexity index is 814. The first kappa shape index (κ1) is 12.6. The molecule has 0 aliphatic heterocycles. The number of pyridine rings is 1. The highest BCUT2D eigenvalue weighted by molar-refractivity contribution is 5.52. The van der Waals surface area contributed by atoms with Gasteiger partial charge in [0.2, 0.25) is 0 Å². The molecule has 21 heavy (non-hydrogen) atoms. The topological polar surface area (TPSA) is 17.3 Å². The molecular weight excluding hydrogens is 256 g/mol. The van der Waals surface area contributed by atoms with Crippen molar-refractivity contribution in [2.45, 2.75) is 39.0 Å². The highest BCUT2D eigenvalue weighted by atomic mass is 15.0. The summed E-state index contributed by atoms with van der Waals surface area (Å²) in [5.74, 6) is 0.643. The first-order valence-corrected chi connectivity index (χ1v) is 7.75. The molecule has 1 unspecified atom stereocenters. The molecule has 0 saturated heterocycles. The summed E-state index contributed by atoms with van der Waals surface area (Å²) in [6.45, 7) is 4.24. The summed E-state index contributed by atoms with van der Waals surface area (Å²) in [6, 6.07) is 13.3. The van der Waals surface area contributed by atoms with E-state index in [4.69, 9.17) is 4.98 Å². The first-order chi connectivity index (χ1) is 10.2. The van der Waals surface area contributed by atoms with Crippen LogP contribution in [-0.4, -0.2) is 9.38 Å². The molecule has 2 heterocycles. The Morgan fingerprint density at radius 3 is 2.90 bits per heavy atom. The van der Waals surface area contributed by atoms with E-state index in [1.165, 1.54) is 29.7 Å². The van der Waals surface area contributed by atoms with Gasteiger partial charge >= 0.3 is 0 Å². The standard InChI is InChI=1S/C19H20N2/c1-13-14(2)21-11-5-7-17(19(21)20-13)12-16-10-9-15-6-3-4-8-18(15)16/h3-8,11,16H,9-10,12H2,1-2H3. The van der Waals surface area contributed by atoms with E-state index in [2.05, 4.69) is 60.8 Å². The summed E-state index contributed by atoms with van der Waals surface area (Å²) < 4.78 is 2.23. The van der Waals surface area contributed by atoms with Crippen LogP contribution in [0.25, 0.3) is 5.65 Å². The molecule has 1 aromatic carbocycles. The molecule has 106 valence electrons. The number of aromatic nitrogens is 2. The molecule has 0 bridgehead atoms. The Labute approximate surface area is 125 Å². The molecule has 0 fully saturated rings. The second-order valence-corrected chi connectivity index (χ2v) is 6.15. The Balaban J connectivity index is 1.74. The quantitative estimate of drug-likeness (QED) is 0.685. The average Bonchev–Trinajstić information content (AvgIpc) is 3.03. The van der Waals surface area contributed by atoms with Gasteiger partial charge in [0, 0.05) is 11.9 Å². The largest absolute Gasteiger partial charge is 0.304 e. The van der Waals surface area contributed by atoms with Gasteiger partial charge in [-0.25, -0.2) is 4.98 Å². The fourth-order valence-corrected chi connectivity index (χ4v) is 3.64. The van der Waals surface area contributed by atoms with Crippen LogP contribution in [0, 0.1) is 13.8 Å². The molecule has 2 heteroatoms.